The lowest BCUT2D eigenvalue weighted by Gasteiger charge is -2.30. The second-order valence-corrected chi connectivity index (χ2v) is 39.5. The number of aryl methyl sites for hydroxylation is 3. The third-order valence-electron chi connectivity index (χ3n) is 27.2. The molecule has 0 saturated carbocycles. The summed E-state index contributed by atoms with van der Waals surface area (Å²) in [5, 5.41) is 21.3. The molecule has 3 aromatic rings. The highest BCUT2D eigenvalue weighted by Gasteiger charge is 2.30. The molecule has 0 spiro atoms. The molecule has 10 heteroatoms. The number of carbonyl (C=O) groups is 2. The zero-order valence-corrected chi connectivity index (χ0v) is 85.0. The molecule has 0 saturated heterocycles. The Hall–Kier alpha value is -5.16. The molecule has 1 aliphatic carbocycles. The van der Waals surface area contributed by atoms with Crippen LogP contribution in [0.4, 0.5) is 0 Å². The molecule has 3 aromatic carbocycles. The third kappa shape index (κ3) is 60.0. The van der Waals surface area contributed by atoms with Crippen molar-refractivity contribution in [2.24, 2.45) is 5.92 Å². The summed E-state index contributed by atoms with van der Waals surface area (Å²) in [7, 11) is 0. The Morgan fingerprint density at radius 1 is 0.310 bits per heavy atom. The van der Waals surface area contributed by atoms with Gasteiger partial charge in [-0.2, -0.15) is 0 Å². The fraction of sp³-hybridized carbons (Fsp3) is 0.765. The van der Waals surface area contributed by atoms with Crippen LogP contribution in [0.5, 0.6) is 17.2 Å². The average molecular weight is 1790 g/mol. The first-order valence-corrected chi connectivity index (χ1v) is 55.6. The van der Waals surface area contributed by atoms with Crippen LogP contribution in [0.1, 0.15) is 528 Å². The summed E-state index contributed by atoms with van der Waals surface area (Å²) in [5.74, 6) is 1.93. The van der Waals surface area contributed by atoms with Crippen LogP contribution in [0.15, 0.2) is 85.5 Å². The summed E-state index contributed by atoms with van der Waals surface area (Å²) < 4.78 is 41.6. The van der Waals surface area contributed by atoms with E-state index >= 15 is 0 Å². The van der Waals surface area contributed by atoms with E-state index in [0.29, 0.717) is 97.1 Å². The lowest BCUT2D eigenvalue weighted by molar-refractivity contribution is -0.138. The standard InChI is InChI=1S/C119H202O10/c1-9-15-19-23-27-31-35-39-43-47-51-55-59-63-67-71-85-126-116-103(8)92-108-93-104(80-75-83-120)94-110(117(108)127-86-72-68-64-60-56-52-48-44-40-36-32-28-24-20-16-10-2)100-111-95-105(81-76-84-121)96-112(119(111)129-88-74-70-66-62-58-54-50-46-42-38-34-30-26-22-18-12-4)101-113-98-106(82-78-90-125-115(123)14-6)97-109(99-107(116)91-102(7)79-77-89-124-114(122)13-5)118(113)128-87-73-69-65-61-57-53-49-45-41-37-33-29-25-21-17-11-3/h13-14,91,93-98,103,116,120-121H,5-7,9-12,15-90,92,99-101H2,1-4,8H3/b107-91-. The highest BCUT2D eigenvalue weighted by atomic mass is 16.5. The summed E-state index contributed by atoms with van der Waals surface area (Å²) in [6, 6.07) is 14.3. The zero-order chi connectivity index (χ0) is 92.4. The predicted molar refractivity (Wildman–Crippen MR) is 554 cm³/mol. The first-order chi connectivity index (χ1) is 63.5. The first kappa shape index (κ1) is 116. The maximum Gasteiger partial charge on any atom is 0.330 e. The normalized spacial score (nSPS) is 13.8. The average Bonchev–Trinajstić information content (AvgIpc) is 0.780. The summed E-state index contributed by atoms with van der Waals surface area (Å²) in [6.07, 6.45) is 95.6. The van der Waals surface area contributed by atoms with Crippen molar-refractivity contribution in [3.8, 4) is 17.2 Å². The molecule has 2 unspecified atom stereocenters. The molecule has 0 amide bonds. The van der Waals surface area contributed by atoms with E-state index in [1.807, 2.05) is 0 Å². The molecule has 0 aromatic heterocycles. The molecule has 0 radical (unpaired) electrons. The minimum Gasteiger partial charge on any atom is -0.493 e. The fourth-order valence-electron chi connectivity index (χ4n) is 19.5. The van der Waals surface area contributed by atoms with Crippen LogP contribution in [0.2, 0.25) is 0 Å². The van der Waals surface area contributed by atoms with Crippen molar-refractivity contribution < 1.29 is 48.2 Å². The number of hydrogen-bond donors (Lipinski definition) is 2. The Labute approximate surface area is 795 Å². The molecule has 4 rings (SSSR count). The minimum absolute atomic E-state index is 0.0471. The van der Waals surface area contributed by atoms with Gasteiger partial charge in [-0.3, -0.25) is 0 Å². The molecular weight excluding hydrogens is 1590 g/mol. The number of aliphatic hydroxyl groups is 2. The first-order valence-electron chi connectivity index (χ1n) is 55.6. The van der Waals surface area contributed by atoms with Crippen molar-refractivity contribution in [3.63, 3.8) is 0 Å². The number of fused-ring (bicyclic) bond motifs is 6. The summed E-state index contributed by atoms with van der Waals surface area (Å²) in [6.45, 7) is 27.0. The van der Waals surface area contributed by atoms with E-state index in [2.05, 4.69) is 90.3 Å². The van der Waals surface area contributed by atoms with Crippen LogP contribution in [0, 0.1) is 5.92 Å². The highest BCUT2D eigenvalue weighted by Crippen LogP contribution is 2.42. The van der Waals surface area contributed by atoms with Crippen molar-refractivity contribution in [2.45, 2.75) is 529 Å². The number of ether oxygens (including phenoxy) is 6. The van der Waals surface area contributed by atoms with Gasteiger partial charge >= 0.3 is 11.9 Å². The Kier molecular flexibility index (Phi) is 75.1. The van der Waals surface area contributed by atoms with E-state index in [1.54, 1.807) is 0 Å². The largest absolute Gasteiger partial charge is 0.493 e. The highest BCUT2D eigenvalue weighted by molar-refractivity contribution is 5.81. The number of rotatable bonds is 89. The van der Waals surface area contributed by atoms with Gasteiger partial charge in [0, 0.05) is 44.8 Å². The van der Waals surface area contributed by atoms with E-state index in [1.165, 1.54) is 388 Å². The van der Waals surface area contributed by atoms with Crippen molar-refractivity contribution in [2.75, 3.05) is 52.9 Å². The van der Waals surface area contributed by atoms with Crippen molar-refractivity contribution >= 4 is 11.9 Å². The number of unbranched alkanes of at least 4 members (excludes halogenated alkanes) is 60. The maximum absolute atomic E-state index is 12.7. The molecule has 129 heavy (non-hydrogen) atoms. The van der Waals surface area contributed by atoms with Gasteiger partial charge in [-0.15, -0.1) is 0 Å². The summed E-state index contributed by atoms with van der Waals surface area (Å²) in [5.41, 5.74) is 12.4. The van der Waals surface area contributed by atoms with Crippen LogP contribution in [-0.2, 0) is 68.7 Å². The molecule has 0 fully saturated rings. The topological polar surface area (TPSA) is 130 Å². The van der Waals surface area contributed by atoms with Crippen molar-refractivity contribution in [1.29, 1.82) is 0 Å². The minimum atomic E-state index is -0.422. The summed E-state index contributed by atoms with van der Waals surface area (Å²) in [4.78, 5) is 25.2. The number of esters is 2. The molecule has 1 aliphatic rings. The van der Waals surface area contributed by atoms with Gasteiger partial charge in [0.25, 0.3) is 0 Å². The Morgan fingerprint density at radius 3 is 0.829 bits per heavy atom. The predicted octanol–water partition coefficient (Wildman–Crippen LogP) is 34.7. The molecule has 2 N–H and O–H groups in total. The van der Waals surface area contributed by atoms with Crippen LogP contribution in [0.25, 0.3) is 0 Å². The molecule has 0 aliphatic heterocycles. The van der Waals surface area contributed by atoms with Gasteiger partial charge in [-0.05, 0) is 151 Å². The molecular formula is C119H202O10. The van der Waals surface area contributed by atoms with Crippen LogP contribution in [0.3, 0.4) is 0 Å². The molecule has 2 atom stereocenters. The Bertz CT molecular complexity index is 3230. The Balaban J connectivity index is 1.91. The van der Waals surface area contributed by atoms with E-state index in [-0.39, 0.29) is 38.4 Å². The SMILES string of the molecule is C=CC(=O)OCCCC(=C)/C=C1/Cc2cc(CCCOC(=O)C=C)cc(c2OCCCCCCCCCCCCCCCCCC)Cc2cc(CCCO)cc(c2OCCCCCCCCCCCCCCCCCC)Cc2cc(CCCO)cc(c2OCCCCCCCCCCCCCCCCCC)CC(C)C1OCCCCCCCCCCCCCCCCCC. The smallest absolute Gasteiger partial charge is 0.330 e. The molecule has 10 nitrogen and oxygen atoms in total. The van der Waals surface area contributed by atoms with E-state index in [0.717, 1.165) is 120 Å². The second kappa shape index (κ2) is 83.4. The van der Waals surface area contributed by atoms with Gasteiger partial charge in [-0.25, -0.2) is 9.59 Å². The van der Waals surface area contributed by atoms with Gasteiger partial charge < -0.3 is 38.6 Å². The fourth-order valence-corrected chi connectivity index (χ4v) is 19.5. The van der Waals surface area contributed by atoms with Crippen LogP contribution < -0.4 is 14.2 Å². The van der Waals surface area contributed by atoms with Crippen molar-refractivity contribution in [1.82, 2.24) is 0 Å². The quantitative estimate of drug-likeness (QED) is 0.0320. The second-order valence-electron chi connectivity index (χ2n) is 39.5. The van der Waals surface area contributed by atoms with E-state index in [9.17, 15) is 19.8 Å². The van der Waals surface area contributed by atoms with Gasteiger partial charge in [0.15, 0.2) is 0 Å². The number of hydrogen-bond acceptors (Lipinski definition) is 10. The maximum atomic E-state index is 12.7. The van der Waals surface area contributed by atoms with Crippen LogP contribution >= 0.6 is 0 Å². The monoisotopic (exact) mass is 1790 g/mol. The lowest BCUT2D eigenvalue weighted by Crippen LogP contribution is -2.28. The van der Waals surface area contributed by atoms with Crippen LogP contribution in [-0.4, -0.2) is 81.1 Å². The summed E-state index contributed by atoms with van der Waals surface area (Å²) >= 11 is 0. The number of benzene rings is 3. The lowest BCUT2D eigenvalue weighted by atomic mass is 9.83. The van der Waals surface area contributed by atoms with Gasteiger partial charge in [0.1, 0.15) is 17.2 Å². The molecule has 6 bridgehead atoms. The van der Waals surface area contributed by atoms with E-state index < -0.39 is 11.9 Å². The zero-order valence-electron chi connectivity index (χ0n) is 85.0. The van der Waals surface area contributed by atoms with Gasteiger partial charge in [0.05, 0.1) is 39.1 Å². The number of carbonyl (C=O) groups excluding carboxylic acids is 2. The molecule has 738 valence electrons. The third-order valence-corrected chi connectivity index (χ3v) is 27.2. The van der Waals surface area contributed by atoms with Gasteiger partial charge in [-0.1, -0.05) is 488 Å². The number of allylic oxidation sites excluding steroid dienone is 2. The van der Waals surface area contributed by atoms with Gasteiger partial charge in [0.2, 0.25) is 0 Å². The van der Waals surface area contributed by atoms with Crippen molar-refractivity contribution in [3.05, 3.63) is 136 Å². The molecule has 0 heterocycles. The van der Waals surface area contributed by atoms with E-state index in [4.69, 9.17) is 35.0 Å². The number of aliphatic hydroxyl groups excluding tert-OH is 2. The Morgan fingerprint density at radius 2 is 0.550 bits per heavy atom.